The molecule has 0 aromatic heterocycles. The summed E-state index contributed by atoms with van der Waals surface area (Å²) in [6, 6.07) is 17.6. The molecule has 0 saturated carbocycles. The van der Waals surface area contributed by atoms with Crippen LogP contribution in [0, 0.1) is 0 Å². The zero-order valence-electron chi connectivity index (χ0n) is 14.4. The van der Waals surface area contributed by atoms with E-state index >= 15 is 0 Å². The van der Waals surface area contributed by atoms with E-state index in [4.69, 9.17) is 4.74 Å². The van der Waals surface area contributed by atoms with Gasteiger partial charge in [0.25, 0.3) is 0 Å². The fraction of sp³-hybridized carbons (Fsp3) is 0.318. The van der Waals surface area contributed by atoms with Crippen LogP contribution in [-0.4, -0.2) is 30.7 Å². The van der Waals surface area contributed by atoms with Gasteiger partial charge >= 0.3 is 6.09 Å². The van der Waals surface area contributed by atoms with Crippen molar-refractivity contribution in [2.24, 2.45) is 0 Å². The van der Waals surface area contributed by atoms with Crippen molar-refractivity contribution in [3.63, 3.8) is 0 Å². The Bertz CT molecular complexity index is 851. The number of rotatable bonds is 1. The topological polar surface area (TPSA) is 29.5 Å². The zero-order valence-corrected chi connectivity index (χ0v) is 14.4. The van der Waals surface area contributed by atoms with Gasteiger partial charge in [0.05, 0.1) is 6.61 Å². The average molecular weight is 331 g/mol. The summed E-state index contributed by atoms with van der Waals surface area (Å²) in [5.74, 6) is 0.640. The summed E-state index contributed by atoms with van der Waals surface area (Å²) in [6.07, 6.45) is 0.759. The van der Waals surface area contributed by atoms with Gasteiger partial charge in [-0.15, -0.1) is 0 Å². The molecule has 1 heterocycles. The molecule has 1 aliphatic heterocycles. The molecule has 0 saturated heterocycles. The van der Waals surface area contributed by atoms with E-state index in [1.807, 2.05) is 11.8 Å². The molecule has 6 rings (SSSR count). The molecular weight excluding hydrogens is 310 g/mol. The van der Waals surface area contributed by atoms with Gasteiger partial charge in [0.1, 0.15) is 0 Å². The first-order chi connectivity index (χ1) is 12.3. The molecule has 3 nitrogen and oxygen atoms in total. The van der Waals surface area contributed by atoms with E-state index in [2.05, 4.69) is 48.5 Å². The number of ether oxygens (including phenoxy) is 1. The Morgan fingerprint density at radius 2 is 1.48 bits per heavy atom. The number of carbonyl (C=O) groups is 1. The summed E-state index contributed by atoms with van der Waals surface area (Å²) in [6.45, 7) is 3.74. The largest absolute Gasteiger partial charge is 0.450 e. The molecule has 1 amide bonds. The van der Waals surface area contributed by atoms with Crippen LogP contribution in [0.3, 0.4) is 0 Å². The Labute approximate surface area is 147 Å². The highest BCUT2D eigenvalue weighted by Gasteiger charge is 2.44. The van der Waals surface area contributed by atoms with E-state index < -0.39 is 0 Å². The minimum absolute atomic E-state index is 0.183. The van der Waals surface area contributed by atoms with E-state index in [0.29, 0.717) is 19.1 Å². The van der Waals surface area contributed by atoms with Gasteiger partial charge in [0.15, 0.2) is 0 Å². The maximum atomic E-state index is 12.3. The minimum Gasteiger partial charge on any atom is -0.450 e. The van der Waals surface area contributed by atoms with Crippen molar-refractivity contribution in [3.05, 3.63) is 81.9 Å². The summed E-state index contributed by atoms with van der Waals surface area (Å²) >= 11 is 0. The van der Waals surface area contributed by atoms with Crippen molar-refractivity contribution < 1.29 is 9.53 Å². The van der Waals surface area contributed by atoms with Gasteiger partial charge in [-0.3, -0.25) is 0 Å². The number of hydrogen-bond acceptors (Lipinski definition) is 2. The summed E-state index contributed by atoms with van der Waals surface area (Å²) in [7, 11) is 0. The first-order valence-corrected chi connectivity index (χ1v) is 9.10. The van der Waals surface area contributed by atoms with Crippen LogP contribution < -0.4 is 0 Å². The second-order valence-corrected chi connectivity index (χ2v) is 7.04. The summed E-state index contributed by atoms with van der Waals surface area (Å²) in [5.41, 5.74) is 8.68. The molecule has 25 heavy (non-hydrogen) atoms. The maximum Gasteiger partial charge on any atom is 0.410 e. The Hall–Kier alpha value is -2.55. The Morgan fingerprint density at radius 1 is 0.960 bits per heavy atom. The van der Waals surface area contributed by atoms with Gasteiger partial charge in [-0.2, -0.15) is 0 Å². The van der Waals surface area contributed by atoms with Crippen molar-refractivity contribution >= 4 is 6.09 Å². The van der Waals surface area contributed by atoms with Gasteiger partial charge in [0.2, 0.25) is 0 Å². The molecule has 4 aliphatic rings. The fourth-order valence-electron chi connectivity index (χ4n) is 4.94. The molecule has 2 bridgehead atoms. The van der Waals surface area contributed by atoms with Crippen molar-refractivity contribution in [2.45, 2.75) is 25.2 Å². The molecule has 0 atom stereocenters. The SMILES string of the molecule is CCOC(=O)N1CCC2=C(C1)C1c3ccccc3C2c2ccccc21. The molecule has 0 spiro atoms. The van der Waals surface area contributed by atoms with Crippen LogP contribution in [-0.2, 0) is 4.74 Å². The smallest absolute Gasteiger partial charge is 0.410 e. The lowest BCUT2D eigenvalue weighted by molar-refractivity contribution is 0.108. The first kappa shape index (κ1) is 14.8. The van der Waals surface area contributed by atoms with Gasteiger partial charge in [-0.05, 0) is 41.2 Å². The monoisotopic (exact) mass is 331 g/mol. The highest BCUT2D eigenvalue weighted by molar-refractivity contribution is 5.71. The molecule has 0 radical (unpaired) electrons. The summed E-state index contributed by atoms with van der Waals surface area (Å²) in [4.78, 5) is 14.1. The molecule has 3 aliphatic carbocycles. The van der Waals surface area contributed by atoms with Gasteiger partial charge in [0, 0.05) is 24.9 Å². The van der Waals surface area contributed by atoms with Crippen LogP contribution in [0.15, 0.2) is 59.7 Å². The molecule has 3 heteroatoms. The highest BCUT2D eigenvalue weighted by Crippen LogP contribution is 2.57. The molecule has 2 aromatic carbocycles. The Kier molecular flexibility index (Phi) is 3.24. The van der Waals surface area contributed by atoms with Gasteiger partial charge < -0.3 is 9.64 Å². The summed E-state index contributed by atoms with van der Waals surface area (Å²) in [5, 5.41) is 0. The maximum absolute atomic E-state index is 12.3. The zero-order chi connectivity index (χ0) is 17.0. The van der Waals surface area contributed by atoms with Crippen molar-refractivity contribution in [2.75, 3.05) is 19.7 Å². The second kappa shape index (κ2) is 5.48. The lowest BCUT2D eigenvalue weighted by atomic mass is 9.60. The lowest BCUT2D eigenvalue weighted by Crippen LogP contribution is -2.42. The predicted molar refractivity (Wildman–Crippen MR) is 96.8 cm³/mol. The van der Waals surface area contributed by atoms with Crippen molar-refractivity contribution in [1.82, 2.24) is 4.90 Å². The van der Waals surface area contributed by atoms with Crippen molar-refractivity contribution in [3.8, 4) is 0 Å². The van der Waals surface area contributed by atoms with Crippen LogP contribution in [0.1, 0.15) is 47.4 Å². The molecule has 126 valence electrons. The van der Waals surface area contributed by atoms with E-state index in [9.17, 15) is 4.79 Å². The third-order valence-electron chi connectivity index (χ3n) is 5.88. The molecule has 0 unspecified atom stereocenters. The van der Waals surface area contributed by atoms with Crippen molar-refractivity contribution in [1.29, 1.82) is 0 Å². The van der Waals surface area contributed by atoms with Crippen LogP contribution in [0.5, 0.6) is 0 Å². The number of carbonyl (C=O) groups excluding carboxylic acids is 1. The van der Waals surface area contributed by atoms with E-state index in [0.717, 1.165) is 13.0 Å². The number of benzene rings is 2. The van der Waals surface area contributed by atoms with E-state index in [1.54, 1.807) is 0 Å². The third-order valence-corrected chi connectivity index (χ3v) is 5.88. The summed E-state index contributed by atoms with van der Waals surface area (Å²) < 4.78 is 5.24. The fourth-order valence-corrected chi connectivity index (χ4v) is 4.94. The van der Waals surface area contributed by atoms with E-state index in [-0.39, 0.29) is 12.0 Å². The highest BCUT2D eigenvalue weighted by atomic mass is 16.6. The van der Waals surface area contributed by atoms with Crippen LogP contribution in [0.2, 0.25) is 0 Å². The standard InChI is InChI=1S/C22H21NO2/c1-2-25-22(24)23-12-11-18-19(13-23)21-16-9-5-3-7-14(16)20(18)15-8-4-6-10-17(15)21/h3-10,20-21H,2,11-13H2,1H3. The van der Waals surface area contributed by atoms with Gasteiger partial charge in [-0.1, -0.05) is 54.1 Å². The normalized spacial score (nSPS) is 23.0. The first-order valence-electron chi connectivity index (χ1n) is 9.10. The minimum atomic E-state index is -0.183. The van der Waals surface area contributed by atoms with Crippen LogP contribution in [0.4, 0.5) is 4.79 Å². The number of hydrogen-bond donors (Lipinski definition) is 0. The average Bonchev–Trinajstić information content (AvgIpc) is 2.67. The molecular formula is C22H21NO2. The lowest BCUT2D eigenvalue weighted by Gasteiger charge is -2.47. The van der Waals surface area contributed by atoms with Crippen LogP contribution in [0.25, 0.3) is 0 Å². The molecule has 0 fully saturated rings. The Morgan fingerprint density at radius 3 is 2.00 bits per heavy atom. The predicted octanol–water partition coefficient (Wildman–Crippen LogP) is 4.44. The molecule has 2 aromatic rings. The number of nitrogens with zero attached hydrogens (tertiary/aromatic N) is 1. The van der Waals surface area contributed by atoms with E-state index in [1.165, 1.54) is 33.4 Å². The molecule has 0 N–H and O–H groups in total. The second-order valence-electron chi connectivity index (χ2n) is 7.04. The van der Waals surface area contributed by atoms with Gasteiger partial charge in [-0.25, -0.2) is 4.79 Å². The number of amides is 1. The Balaban J connectivity index is 1.63. The quantitative estimate of drug-likeness (QED) is 0.723. The van der Waals surface area contributed by atoms with Crippen LogP contribution >= 0.6 is 0 Å². The third kappa shape index (κ3) is 2.02.